The number of aromatic nitrogens is 6. The van der Waals surface area contributed by atoms with Gasteiger partial charge >= 0.3 is 0 Å². The molecule has 0 bridgehead atoms. The highest BCUT2D eigenvalue weighted by Crippen LogP contribution is 2.42. The third-order valence-electron chi connectivity index (χ3n) is 14.5. The number of nitrogens with one attached hydrogen (secondary N) is 3. The van der Waals surface area contributed by atoms with Crippen LogP contribution >= 0.6 is 23.9 Å². The molecule has 21 heteroatoms. The van der Waals surface area contributed by atoms with Crippen LogP contribution in [0.25, 0.3) is 22.2 Å². The molecule has 0 aliphatic carbocycles. The fourth-order valence-electron chi connectivity index (χ4n) is 10.7. The van der Waals surface area contributed by atoms with E-state index in [0.29, 0.717) is 40.7 Å². The summed E-state index contributed by atoms with van der Waals surface area (Å²) >= 11 is 3.67. The van der Waals surface area contributed by atoms with Gasteiger partial charge in [-0.2, -0.15) is 10.1 Å². The average Bonchev–Trinajstić information content (AvgIpc) is 3.90. The third kappa shape index (κ3) is 8.95. The molecule has 6 aromatic rings. The SMILES string of the molecule is COc1cc(N2CCN(C3CN(C4CCN(c5ccc6c(c5)C(=O)N(C5CCC(=O)NC5=O)C6=O)CC4)C3)CC2)c(-c2cnn(C)c2)cc1Nc1ncc(Br)c(Nc2ccc3nccnc3c2P(C)C)n1. The number of imide groups is 2. The molecule has 3 aromatic heterocycles. The van der Waals surface area contributed by atoms with E-state index in [9.17, 15) is 19.2 Å². The molecule has 1 atom stereocenters. The zero-order valence-electron chi connectivity index (χ0n) is 39.9. The van der Waals surface area contributed by atoms with Gasteiger partial charge in [-0.25, -0.2) is 4.98 Å². The molecule has 3 N–H and O–H groups in total. The third-order valence-corrected chi connectivity index (χ3v) is 16.4. The Kier molecular flexibility index (Phi) is 12.6. The Morgan fingerprint density at radius 2 is 1.55 bits per heavy atom. The smallest absolute Gasteiger partial charge is 0.262 e. The molecule has 3 aromatic carbocycles. The van der Waals surface area contributed by atoms with Gasteiger partial charge in [0.1, 0.15) is 17.6 Å². The first-order chi connectivity index (χ1) is 34.4. The molecule has 71 heavy (non-hydrogen) atoms. The molecule has 4 saturated heterocycles. The van der Waals surface area contributed by atoms with E-state index in [4.69, 9.17) is 9.72 Å². The summed E-state index contributed by atoms with van der Waals surface area (Å²) in [7, 11) is 3.08. The van der Waals surface area contributed by atoms with Gasteiger partial charge in [0.2, 0.25) is 17.8 Å². The van der Waals surface area contributed by atoms with Crippen LogP contribution in [0.2, 0.25) is 0 Å². The second kappa shape index (κ2) is 19.2. The van der Waals surface area contributed by atoms with Gasteiger partial charge in [0.15, 0.2) is 0 Å². The van der Waals surface area contributed by atoms with Crippen molar-refractivity contribution in [1.29, 1.82) is 0 Å². The van der Waals surface area contributed by atoms with Crippen LogP contribution in [0.3, 0.4) is 0 Å². The number of fused-ring (bicyclic) bond motifs is 2. The summed E-state index contributed by atoms with van der Waals surface area (Å²) in [5.41, 5.74) is 8.01. The van der Waals surface area contributed by atoms with E-state index in [-0.39, 0.29) is 18.7 Å². The lowest BCUT2D eigenvalue weighted by Crippen LogP contribution is -2.66. The number of nitrogens with zero attached hydrogens (tertiary/aromatic N) is 11. The quantitative estimate of drug-likeness (QED) is 0.105. The molecule has 11 rings (SSSR count). The highest BCUT2D eigenvalue weighted by atomic mass is 79.9. The van der Waals surface area contributed by atoms with E-state index in [0.717, 1.165) is 125 Å². The molecular formula is C50H54BrN14O5P. The first kappa shape index (κ1) is 46.8. The lowest BCUT2D eigenvalue weighted by atomic mass is 9.95. The molecule has 1 unspecified atom stereocenters. The normalized spacial score (nSPS) is 19.4. The van der Waals surface area contributed by atoms with E-state index < -0.39 is 31.7 Å². The Bertz CT molecular complexity index is 3090. The number of anilines is 6. The predicted molar refractivity (Wildman–Crippen MR) is 277 cm³/mol. The predicted octanol–water partition coefficient (Wildman–Crippen LogP) is 5.32. The maximum absolute atomic E-state index is 13.5. The zero-order chi connectivity index (χ0) is 49.1. The van der Waals surface area contributed by atoms with Crippen molar-refractivity contribution < 1.29 is 23.9 Å². The molecule has 0 saturated carbocycles. The van der Waals surface area contributed by atoms with E-state index in [1.165, 1.54) is 0 Å². The minimum absolute atomic E-state index is 0.0922. The monoisotopic (exact) mass is 1040 g/mol. The van der Waals surface area contributed by atoms with Gasteiger partial charge in [-0.1, -0.05) is 7.92 Å². The number of ether oxygens (including phenoxy) is 1. The van der Waals surface area contributed by atoms with Gasteiger partial charge in [-0.15, -0.1) is 0 Å². The molecule has 0 radical (unpaired) electrons. The van der Waals surface area contributed by atoms with Crippen LogP contribution in [0.4, 0.5) is 34.5 Å². The largest absolute Gasteiger partial charge is 0.494 e. The number of piperazine rings is 1. The molecule has 19 nitrogen and oxygen atoms in total. The number of rotatable bonds is 12. The summed E-state index contributed by atoms with van der Waals surface area (Å²) in [4.78, 5) is 80.7. The van der Waals surface area contributed by atoms with Gasteiger partial charge in [0, 0.05) is 142 Å². The number of aryl methyl sites for hydroxylation is 1. The summed E-state index contributed by atoms with van der Waals surface area (Å²) in [6, 6.07) is 13.6. The van der Waals surface area contributed by atoms with Crippen LogP contribution in [0, 0.1) is 0 Å². The number of hydrogen-bond acceptors (Lipinski definition) is 16. The molecule has 366 valence electrons. The maximum atomic E-state index is 13.5. The number of likely N-dealkylation sites (tertiary alicyclic amines) is 1. The van der Waals surface area contributed by atoms with Crippen molar-refractivity contribution >= 4 is 98.3 Å². The van der Waals surface area contributed by atoms with Gasteiger partial charge in [0.05, 0.1) is 45.6 Å². The van der Waals surface area contributed by atoms with Crippen molar-refractivity contribution in [2.24, 2.45) is 7.05 Å². The average molecular weight is 1040 g/mol. The van der Waals surface area contributed by atoms with E-state index in [2.05, 4.69) is 97.0 Å². The minimum atomic E-state index is -0.975. The van der Waals surface area contributed by atoms with Gasteiger partial charge in [0.25, 0.3) is 11.8 Å². The number of piperidine rings is 2. The van der Waals surface area contributed by atoms with Crippen LogP contribution in [0.5, 0.6) is 5.75 Å². The number of benzene rings is 3. The van der Waals surface area contributed by atoms with Crippen LogP contribution in [0.15, 0.2) is 77.9 Å². The topological polar surface area (TPSA) is 199 Å². The van der Waals surface area contributed by atoms with Crippen LogP contribution in [0.1, 0.15) is 46.4 Å². The number of carbonyl (C=O) groups excluding carboxylic acids is 4. The van der Waals surface area contributed by atoms with Crippen LogP contribution in [-0.2, 0) is 16.6 Å². The first-order valence-electron chi connectivity index (χ1n) is 23.9. The molecular weight excluding hydrogens is 988 g/mol. The first-order valence-corrected chi connectivity index (χ1v) is 27.0. The molecule has 0 spiro atoms. The summed E-state index contributed by atoms with van der Waals surface area (Å²) in [6.07, 6.45) is 11.3. The molecule has 5 aliphatic rings. The maximum Gasteiger partial charge on any atom is 0.262 e. The van der Waals surface area contributed by atoms with Gasteiger partial charge in [-0.05, 0) is 84.9 Å². The number of amides is 4. The van der Waals surface area contributed by atoms with Gasteiger partial charge < -0.3 is 25.2 Å². The molecule has 5 aliphatic heterocycles. The highest BCUT2D eigenvalue weighted by molar-refractivity contribution is 9.10. The highest BCUT2D eigenvalue weighted by Gasteiger charge is 2.45. The van der Waals surface area contributed by atoms with E-state index >= 15 is 0 Å². The zero-order valence-corrected chi connectivity index (χ0v) is 42.4. The van der Waals surface area contributed by atoms with Crippen LogP contribution < -0.4 is 35.8 Å². The fraction of sp³-hybridized carbons (Fsp3) is 0.380. The summed E-state index contributed by atoms with van der Waals surface area (Å²) < 4.78 is 8.59. The van der Waals surface area contributed by atoms with Crippen molar-refractivity contribution in [1.82, 2.24) is 49.7 Å². The second-order valence-electron chi connectivity index (χ2n) is 18.9. The molecule has 8 heterocycles. The second-order valence-corrected chi connectivity index (χ2v) is 22.0. The van der Waals surface area contributed by atoms with Crippen molar-refractivity contribution in [2.45, 2.75) is 43.8 Å². The Labute approximate surface area is 420 Å². The van der Waals surface area contributed by atoms with E-state index in [1.54, 1.807) is 37.8 Å². The minimum Gasteiger partial charge on any atom is -0.494 e. The Hall–Kier alpha value is -6.60. The summed E-state index contributed by atoms with van der Waals surface area (Å²) in [5.74, 6) is -0.265. The van der Waals surface area contributed by atoms with E-state index in [1.807, 2.05) is 42.3 Å². The number of carbonyl (C=O) groups is 4. The Morgan fingerprint density at radius 3 is 2.28 bits per heavy atom. The lowest BCUT2D eigenvalue weighted by molar-refractivity contribution is -0.136. The van der Waals surface area contributed by atoms with Crippen molar-refractivity contribution in [3.63, 3.8) is 0 Å². The number of halogens is 1. The molecule has 4 fully saturated rings. The fourth-order valence-corrected chi connectivity index (χ4v) is 12.2. The Balaban J connectivity index is 0.721. The number of methoxy groups -OCH3 is 1. The lowest BCUT2D eigenvalue weighted by Gasteiger charge is -2.52. The number of hydrogen-bond donors (Lipinski definition) is 3. The van der Waals surface area contributed by atoms with Crippen LogP contribution in [-0.4, -0.2) is 159 Å². The van der Waals surface area contributed by atoms with Crippen molar-refractivity contribution in [2.75, 3.05) is 93.2 Å². The Morgan fingerprint density at radius 1 is 0.775 bits per heavy atom. The molecule has 4 amide bonds. The standard InChI is InChI=1S/C50H54BrN14O5P/c1-60-26-29(24-55-60)34-22-39(57-50-54-25-36(51)46(59-50)56-38-8-7-37-44(45(38)71(3)4)53-14-13-52-37)42(70-2)23-41(34)63-19-17-62(18-20-63)32-27-64(28-32)30-11-15-61(16-12-30)31-5-6-33-35(21-31)49(69)65(48(33)68)40-9-10-43(66)58-47(40)67/h5-8,13-14,21-26,30,32,40H,9-12,15-20,27-28H2,1-4H3,(H,58,66,67)(H2,54,56,57,59). The van der Waals surface area contributed by atoms with Crippen molar-refractivity contribution in [3.05, 3.63) is 89.0 Å². The summed E-state index contributed by atoms with van der Waals surface area (Å²) in [5, 5.41) is 14.9. The van der Waals surface area contributed by atoms with Gasteiger partial charge in [-0.3, -0.25) is 53.8 Å². The van der Waals surface area contributed by atoms with Crippen molar-refractivity contribution in [3.8, 4) is 16.9 Å². The summed E-state index contributed by atoms with van der Waals surface area (Å²) in [6.45, 7) is 11.8.